The van der Waals surface area contributed by atoms with Crippen LogP contribution in [0.2, 0.25) is 0 Å². The molecule has 0 saturated heterocycles. The fourth-order valence-electron chi connectivity index (χ4n) is 3.50. The SMILES string of the molecule is O=C(O)c1ccncc1CC[C@H]1COc2cc(-c3ccc(F)cc3)ccc21. The van der Waals surface area contributed by atoms with E-state index in [-0.39, 0.29) is 11.7 Å². The van der Waals surface area contributed by atoms with E-state index in [1.165, 1.54) is 24.4 Å². The van der Waals surface area contributed by atoms with Crippen LogP contribution < -0.4 is 4.74 Å². The minimum absolute atomic E-state index is 0.212. The summed E-state index contributed by atoms with van der Waals surface area (Å²) in [6.45, 7) is 0.574. The second-order valence-electron chi connectivity index (χ2n) is 6.64. The van der Waals surface area contributed by atoms with E-state index in [1.54, 1.807) is 18.3 Å². The first-order valence-electron chi connectivity index (χ1n) is 8.80. The van der Waals surface area contributed by atoms with E-state index in [0.717, 1.165) is 34.4 Å². The Morgan fingerprint density at radius 1 is 1.15 bits per heavy atom. The molecule has 0 saturated carbocycles. The molecule has 0 spiro atoms. The van der Waals surface area contributed by atoms with Crippen molar-refractivity contribution in [1.82, 2.24) is 4.98 Å². The molecule has 0 bridgehead atoms. The summed E-state index contributed by atoms with van der Waals surface area (Å²) >= 11 is 0. The third-order valence-electron chi connectivity index (χ3n) is 4.97. The first kappa shape index (κ1) is 17.2. The number of ether oxygens (including phenoxy) is 1. The van der Waals surface area contributed by atoms with Gasteiger partial charge in [-0.1, -0.05) is 24.3 Å². The van der Waals surface area contributed by atoms with Gasteiger partial charge in [-0.15, -0.1) is 0 Å². The van der Waals surface area contributed by atoms with Gasteiger partial charge in [0, 0.05) is 23.9 Å². The van der Waals surface area contributed by atoms with Gasteiger partial charge < -0.3 is 9.84 Å². The number of fused-ring (bicyclic) bond motifs is 1. The molecule has 0 aliphatic carbocycles. The molecule has 3 aromatic rings. The Morgan fingerprint density at radius 2 is 1.93 bits per heavy atom. The molecular formula is C22H18FNO3. The molecule has 136 valence electrons. The Balaban J connectivity index is 1.51. The number of carboxylic acids is 1. The van der Waals surface area contributed by atoms with Crippen LogP contribution in [-0.4, -0.2) is 22.7 Å². The number of nitrogens with zero attached hydrogens (tertiary/aromatic N) is 1. The van der Waals surface area contributed by atoms with Crippen molar-refractivity contribution in [2.45, 2.75) is 18.8 Å². The standard InChI is InChI=1S/C22H18FNO3/c23-18-6-3-14(4-7-18)15-5-8-19-17(13-27-21(19)11-15)2-1-16-12-24-10-9-20(16)22(25)26/h3-12,17H,1-2,13H2,(H,25,26)/t17-/m0/s1. The zero-order valence-electron chi connectivity index (χ0n) is 14.6. The topological polar surface area (TPSA) is 59.4 Å². The molecule has 2 heterocycles. The fraction of sp³-hybridized carbons (Fsp3) is 0.182. The summed E-state index contributed by atoms with van der Waals surface area (Å²) in [6, 6.07) is 14.0. The van der Waals surface area contributed by atoms with Crippen molar-refractivity contribution >= 4 is 5.97 Å². The molecular weight excluding hydrogens is 345 g/mol. The third-order valence-corrected chi connectivity index (χ3v) is 4.97. The maximum Gasteiger partial charge on any atom is 0.336 e. The van der Waals surface area contributed by atoms with Gasteiger partial charge in [0.15, 0.2) is 0 Å². The van der Waals surface area contributed by atoms with E-state index in [0.29, 0.717) is 18.6 Å². The Morgan fingerprint density at radius 3 is 2.70 bits per heavy atom. The highest BCUT2D eigenvalue weighted by Gasteiger charge is 2.25. The Labute approximate surface area is 156 Å². The third kappa shape index (κ3) is 3.53. The number of aromatic carboxylic acids is 1. The lowest BCUT2D eigenvalue weighted by molar-refractivity contribution is 0.0695. The largest absolute Gasteiger partial charge is 0.493 e. The average Bonchev–Trinajstić information content (AvgIpc) is 3.09. The van der Waals surface area contributed by atoms with Crippen LogP contribution in [0.1, 0.15) is 33.8 Å². The normalized spacial score (nSPS) is 15.2. The predicted octanol–water partition coefficient (Wildman–Crippen LogP) is 4.69. The molecule has 4 rings (SSSR count). The minimum atomic E-state index is -0.931. The molecule has 2 aromatic carbocycles. The summed E-state index contributed by atoms with van der Waals surface area (Å²) in [7, 11) is 0. The minimum Gasteiger partial charge on any atom is -0.493 e. The van der Waals surface area contributed by atoms with Crippen molar-refractivity contribution in [3.05, 3.63) is 83.4 Å². The zero-order chi connectivity index (χ0) is 18.8. The highest BCUT2D eigenvalue weighted by Crippen LogP contribution is 2.39. The molecule has 1 aromatic heterocycles. The lowest BCUT2D eigenvalue weighted by atomic mass is 9.92. The maximum absolute atomic E-state index is 13.1. The number of aromatic nitrogens is 1. The average molecular weight is 363 g/mol. The molecule has 0 amide bonds. The number of hydrogen-bond acceptors (Lipinski definition) is 3. The number of carbonyl (C=O) groups is 1. The predicted molar refractivity (Wildman–Crippen MR) is 99.6 cm³/mol. The van der Waals surface area contributed by atoms with E-state index in [1.807, 2.05) is 18.2 Å². The smallest absolute Gasteiger partial charge is 0.336 e. The molecule has 0 fully saturated rings. The number of halogens is 1. The fourth-order valence-corrected chi connectivity index (χ4v) is 3.50. The number of pyridine rings is 1. The monoisotopic (exact) mass is 363 g/mol. The molecule has 27 heavy (non-hydrogen) atoms. The van der Waals surface area contributed by atoms with Crippen LogP contribution in [0.15, 0.2) is 60.9 Å². The van der Waals surface area contributed by atoms with Crippen molar-refractivity contribution < 1.29 is 19.0 Å². The number of hydrogen-bond donors (Lipinski definition) is 1. The van der Waals surface area contributed by atoms with Gasteiger partial charge >= 0.3 is 5.97 Å². The van der Waals surface area contributed by atoms with Crippen LogP contribution in [-0.2, 0) is 6.42 Å². The van der Waals surface area contributed by atoms with E-state index in [9.17, 15) is 14.3 Å². The van der Waals surface area contributed by atoms with Crippen LogP contribution >= 0.6 is 0 Å². The van der Waals surface area contributed by atoms with Gasteiger partial charge in [-0.05, 0) is 53.8 Å². The number of aryl methyl sites for hydroxylation is 1. The summed E-state index contributed by atoms with van der Waals surface area (Å²) in [5.41, 5.74) is 4.08. The van der Waals surface area contributed by atoms with Gasteiger partial charge in [-0.2, -0.15) is 0 Å². The van der Waals surface area contributed by atoms with Crippen LogP contribution in [0.25, 0.3) is 11.1 Å². The van der Waals surface area contributed by atoms with Crippen LogP contribution in [0, 0.1) is 5.82 Å². The Hall–Kier alpha value is -3.21. The highest BCUT2D eigenvalue weighted by atomic mass is 19.1. The van der Waals surface area contributed by atoms with Gasteiger partial charge in [0.25, 0.3) is 0 Å². The quantitative estimate of drug-likeness (QED) is 0.714. The molecule has 1 aliphatic rings. The second kappa shape index (κ2) is 7.19. The van der Waals surface area contributed by atoms with Gasteiger partial charge in [0.1, 0.15) is 11.6 Å². The molecule has 0 unspecified atom stereocenters. The van der Waals surface area contributed by atoms with Gasteiger partial charge in [-0.25, -0.2) is 9.18 Å². The van der Waals surface area contributed by atoms with Crippen LogP contribution in [0.5, 0.6) is 5.75 Å². The first-order valence-corrected chi connectivity index (χ1v) is 8.80. The van der Waals surface area contributed by atoms with Crippen molar-refractivity contribution in [3.8, 4) is 16.9 Å². The van der Waals surface area contributed by atoms with Gasteiger partial charge in [0.05, 0.1) is 12.2 Å². The molecule has 4 nitrogen and oxygen atoms in total. The summed E-state index contributed by atoms with van der Waals surface area (Å²) in [4.78, 5) is 15.4. The Kier molecular flexibility index (Phi) is 4.59. The van der Waals surface area contributed by atoms with Crippen molar-refractivity contribution in [2.24, 2.45) is 0 Å². The zero-order valence-corrected chi connectivity index (χ0v) is 14.6. The molecule has 1 aliphatic heterocycles. The van der Waals surface area contributed by atoms with Crippen molar-refractivity contribution in [3.63, 3.8) is 0 Å². The number of carboxylic acid groups (broad SMARTS) is 1. The molecule has 1 atom stereocenters. The molecule has 0 radical (unpaired) electrons. The van der Waals surface area contributed by atoms with Crippen molar-refractivity contribution in [2.75, 3.05) is 6.61 Å². The van der Waals surface area contributed by atoms with Crippen LogP contribution in [0.3, 0.4) is 0 Å². The maximum atomic E-state index is 13.1. The first-order chi connectivity index (χ1) is 13.1. The highest BCUT2D eigenvalue weighted by molar-refractivity contribution is 5.89. The number of benzene rings is 2. The second-order valence-corrected chi connectivity index (χ2v) is 6.64. The van der Waals surface area contributed by atoms with E-state index >= 15 is 0 Å². The Bertz CT molecular complexity index is 985. The van der Waals surface area contributed by atoms with E-state index < -0.39 is 5.97 Å². The van der Waals surface area contributed by atoms with E-state index in [2.05, 4.69) is 4.98 Å². The van der Waals surface area contributed by atoms with Gasteiger partial charge in [-0.3, -0.25) is 4.98 Å². The summed E-state index contributed by atoms with van der Waals surface area (Å²) in [6.07, 6.45) is 4.53. The van der Waals surface area contributed by atoms with Gasteiger partial charge in [0.2, 0.25) is 0 Å². The number of rotatable bonds is 5. The summed E-state index contributed by atoms with van der Waals surface area (Å²) < 4.78 is 19.0. The lowest BCUT2D eigenvalue weighted by Gasteiger charge is -2.10. The summed E-state index contributed by atoms with van der Waals surface area (Å²) in [5, 5.41) is 9.30. The van der Waals surface area contributed by atoms with E-state index in [4.69, 9.17) is 4.74 Å². The van der Waals surface area contributed by atoms with Crippen molar-refractivity contribution in [1.29, 1.82) is 0 Å². The van der Waals surface area contributed by atoms with Crippen LogP contribution in [0.4, 0.5) is 4.39 Å². The lowest BCUT2D eigenvalue weighted by Crippen LogP contribution is -2.07. The molecule has 5 heteroatoms. The summed E-state index contributed by atoms with van der Waals surface area (Å²) in [5.74, 6) is -0.137. The molecule has 1 N–H and O–H groups in total.